The predicted molar refractivity (Wildman–Crippen MR) is 92.1 cm³/mol. The number of carbonyl (C=O) groups excluding carboxylic acids is 1. The highest BCUT2D eigenvalue weighted by molar-refractivity contribution is 5.79. The summed E-state index contributed by atoms with van der Waals surface area (Å²) < 4.78 is 0. The monoisotopic (exact) mass is 295 g/mol. The fourth-order valence-electron chi connectivity index (χ4n) is 2.81. The number of amides is 1. The van der Waals surface area contributed by atoms with Crippen LogP contribution in [0.5, 0.6) is 0 Å². The Morgan fingerprint density at radius 1 is 0.955 bits per heavy atom. The van der Waals surface area contributed by atoms with Gasteiger partial charge in [-0.2, -0.15) is 0 Å². The third-order valence-electron chi connectivity index (χ3n) is 4.13. The van der Waals surface area contributed by atoms with Gasteiger partial charge in [0, 0.05) is 0 Å². The molecule has 0 aliphatic carbocycles. The smallest absolute Gasteiger partial charge is 0.224 e. The van der Waals surface area contributed by atoms with E-state index >= 15 is 0 Å². The van der Waals surface area contributed by atoms with E-state index in [4.69, 9.17) is 0 Å². The molecular weight excluding hydrogens is 270 g/mol. The van der Waals surface area contributed by atoms with Gasteiger partial charge in [0.2, 0.25) is 5.91 Å². The Labute approximate surface area is 133 Å². The molecule has 116 valence electrons. The second kappa shape index (κ2) is 6.78. The minimum absolute atomic E-state index is 0.0261. The fourth-order valence-corrected chi connectivity index (χ4v) is 2.81. The van der Waals surface area contributed by atoms with Gasteiger partial charge in [-0.25, -0.2) is 0 Å². The second-order valence-corrected chi connectivity index (χ2v) is 6.26. The summed E-state index contributed by atoms with van der Waals surface area (Å²) in [5.41, 5.74) is 7.12. The molecule has 22 heavy (non-hydrogen) atoms. The minimum atomic E-state index is 0.0261. The number of rotatable bonds is 4. The maximum Gasteiger partial charge on any atom is 0.224 e. The molecule has 1 atom stereocenters. The molecule has 0 unspecified atom stereocenters. The van der Waals surface area contributed by atoms with E-state index in [0.29, 0.717) is 6.42 Å². The summed E-state index contributed by atoms with van der Waals surface area (Å²) in [6, 6.07) is 12.6. The van der Waals surface area contributed by atoms with Crippen LogP contribution in [0.3, 0.4) is 0 Å². The van der Waals surface area contributed by atoms with E-state index in [-0.39, 0.29) is 11.9 Å². The van der Waals surface area contributed by atoms with E-state index in [1.54, 1.807) is 0 Å². The summed E-state index contributed by atoms with van der Waals surface area (Å²) in [5.74, 6) is 0.0698. The van der Waals surface area contributed by atoms with Crippen LogP contribution < -0.4 is 5.32 Å². The lowest BCUT2D eigenvalue weighted by molar-refractivity contribution is -0.121. The van der Waals surface area contributed by atoms with E-state index in [0.717, 1.165) is 5.56 Å². The molecule has 0 aliphatic heterocycles. The number of aryl methyl sites for hydroxylation is 4. The van der Waals surface area contributed by atoms with Crippen molar-refractivity contribution in [2.75, 3.05) is 0 Å². The average Bonchev–Trinajstić information content (AvgIpc) is 2.44. The van der Waals surface area contributed by atoms with Crippen molar-refractivity contribution in [1.82, 2.24) is 5.32 Å². The number of hydrogen-bond acceptors (Lipinski definition) is 1. The molecule has 0 aromatic heterocycles. The lowest BCUT2D eigenvalue weighted by atomic mass is 9.99. The summed E-state index contributed by atoms with van der Waals surface area (Å²) in [4.78, 5) is 12.3. The van der Waals surface area contributed by atoms with Crippen molar-refractivity contribution in [3.05, 3.63) is 69.8 Å². The van der Waals surface area contributed by atoms with Crippen molar-refractivity contribution in [3.8, 4) is 0 Å². The zero-order valence-electron chi connectivity index (χ0n) is 14.2. The zero-order chi connectivity index (χ0) is 16.3. The fraction of sp³-hybridized carbons (Fsp3) is 0.350. The van der Waals surface area contributed by atoms with Gasteiger partial charge in [-0.1, -0.05) is 47.5 Å². The molecular formula is C20H25NO. The number of carbonyl (C=O) groups is 1. The largest absolute Gasteiger partial charge is 0.349 e. The number of nitrogens with one attached hydrogen (secondary N) is 1. The highest BCUT2D eigenvalue weighted by Gasteiger charge is 2.13. The molecule has 0 radical (unpaired) electrons. The average molecular weight is 295 g/mol. The first-order valence-corrected chi connectivity index (χ1v) is 7.79. The van der Waals surface area contributed by atoms with Gasteiger partial charge in [-0.3, -0.25) is 4.79 Å². The van der Waals surface area contributed by atoms with Crippen molar-refractivity contribution in [1.29, 1.82) is 0 Å². The van der Waals surface area contributed by atoms with E-state index in [1.165, 1.54) is 27.8 Å². The Kier molecular flexibility index (Phi) is 5.02. The van der Waals surface area contributed by atoms with Crippen LogP contribution in [0.2, 0.25) is 0 Å². The standard InChI is InChI=1S/C20H25NO/c1-13-7-9-18(16(4)10-13)12-20(22)21-17(5)19-11-14(2)6-8-15(19)3/h6-11,17H,12H2,1-5H3,(H,21,22)/t17-/m1/s1. The number of benzene rings is 2. The van der Waals surface area contributed by atoms with Crippen LogP contribution in [0.4, 0.5) is 0 Å². The van der Waals surface area contributed by atoms with Gasteiger partial charge in [0.1, 0.15) is 0 Å². The van der Waals surface area contributed by atoms with Gasteiger partial charge in [0.05, 0.1) is 12.5 Å². The normalized spacial score (nSPS) is 12.0. The molecule has 2 nitrogen and oxygen atoms in total. The van der Waals surface area contributed by atoms with Crippen molar-refractivity contribution >= 4 is 5.91 Å². The van der Waals surface area contributed by atoms with Crippen LogP contribution in [0.15, 0.2) is 36.4 Å². The first kappa shape index (κ1) is 16.3. The lowest BCUT2D eigenvalue weighted by Gasteiger charge is -2.18. The highest BCUT2D eigenvalue weighted by Crippen LogP contribution is 2.19. The van der Waals surface area contributed by atoms with Crippen LogP contribution in [0.25, 0.3) is 0 Å². The van der Waals surface area contributed by atoms with Gasteiger partial charge >= 0.3 is 0 Å². The molecule has 0 fully saturated rings. The Morgan fingerprint density at radius 3 is 2.27 bits per heavy atom. The maximum atomic E-state index is 12.3. The Bertz CT molecular complexity index is 688. The molecule has 0 saturated carbocycles. The van der Waals surface area contributed by atoms with Crippen LogP contribution in [-0.4, -0.2) is 5.91 Å². The maximum absolute atomic E-state index is 12.3. The first-order chi connectivity index (χ1) is 10.4. The van der Waals surface area contributed by atoms with Gasteiger partial charge < -0.3 is 5.32 Å². The third-order valence-corrected chi connectivity index (χ3v) is 4.13. The van der Waals surface area contributed by atoms with E-state index in [2.05, 4.69) is 63.3 Å². The second-order valence-electron chi connectivity index (χ2n) is 6.26. The molecule has 1 amide bonds. The lowest BCUT2D eigenvalue weighted by Crippen LogP contribution is -2.28. The van der Waals surface area contributed by atoms with E-state index < -0.39 is 0 Å². The molecule has 1 N–H and O–H groups in total. The van der Waals surface area contributed by atoms with Crippen LogP contribution in [0.1, 0.15) is 46.3 Å². The molecule has 2 heteroatoms. The summed E-state index contributed by atoms with van der Waals surface area (Å²) in [6.07, 6.45) is 0.432. The van der Waals surface area contributed by atoms with E-state index in [1.807, 2.05) is 13.0 Å². The SMILES string of the molecule is Cc1ccc(CC(=O)N[C@H](C)c2cc(C)ccc2C)c(C)c1. The Balaban J connectivity index is 2.06. The number of hydrogen-bond donors (Lipinski definition) is 1. The summed E-state index contributed by atoms with van der Waals surface area (Å²) in [5, 5.41) is 3.12. The quantitative estimate of drug-likeness (QED) is 0.893. The molecule has 0 heterocycles. The van der Waals surface area contributed by atoms with Crippen LogP contribution in [-0.2, 0) is 11.2 Å². The van der Waals surface area contributed by atoms with Crippen molar-refractivity contribution < 1.29 is 4.79 Å². The first-order valence-electron chi connectivity index (χ1n) is 7.79. The summed E-state index contributed by atoms with van der Waals surface area (Å²) >= 11 is 0. The van der Waals surface area contributed by atoms with Crippen molar-refractivity contribution in [2.24, 2.45) is 0 Å². The van der Waals surface area contributed by atoms with Gasteiger partial charge in [-0.15, -0.1) is 0 Å². The van der Waals surface area contributed by atoms with Gasteiger partial charge in [0.25, 0.3) is 0 Å². The topological polar surface area (TPSA) is 29.1 Å². The molecule has 0 aliphatic rings. The third kappa shape index (κ3) is 3.97. The van der Waals surface area contributed by atoms with Gasteiger partial charge in [0.15, 0.2) is 0 Å². The Hall–Kier alpha value is -2.09. The summed E-state index contributed by atoms with van der Waals surface area (Å²) in [6.45, 7) is 10.3. The zero-order valence-corrected chi connectivity index (χ0v) is 14.2. The Morgan fingerprint density at radius 2 is 1.59 bits per heavy atom. The predicted octanol–water partition coefficient (Wildman–Crippen LogP) is 4.34. The minimum Gasteiger partial charge on any atom is -0.349 e. The molecule has 2 aromatic carbocycles. The van der Waals surface area contributed by atoms with E-state index in [9.17, 15) is 4.79 Å². The molecule has 2 rings (SSSR count). The van der Waals surface area contributed by atoms with Crippen molar-refractivity contribution in [3.63, 3.8) is 0 Å². The van der Waals surface area contributed by atoms with Crippen LogP contribution >= 0.6 is 0 Å². The summed E-state index contributed by atoms with van der Waals surface area (Å²) in [7, 11) is 0. The van der Waals surface area contributed by atoms with Gasteiger partial charge in [-0.05, 0) is 56.9 Å². The van der Waals surface area contributed by atoms with Crippen molar-refractivity contribution in [2.45, 2.75) is 47.1 Å². The highest BCUT2D eigenvalue weighted by atomic mass is 16.1. The molecule has 0 bridgehead atoms. The molecule has 0 spiro atoms. The van der Waals surface area contributed by atoms with Crippen LogP contribution in [0, 0.1) is 27.7 Å². The molecule has 2 aromatic rings. The molecule has 0 saturated heterocycles.